The molecule has 1 amide bonds. The first-order chi connectivity index (χ1) is 6.20. The van der Waals surface area contributed by atoms with Crippen LogP contribution in [-0.2, 0) is 4.79 Å². The lowest BCUT2D eigenvalue weighted by Gasteiger charge is -2.14. The van der Waals surface area contributed by atoms with Crippen molar-refractivity contribution in [2.45, 2.75) is 19.8 Å². The van der Waals surface area contributed by atoms with E-state index in [1.807, 2.05) is 0 Å². The molecular weight excluding hydrogens is 164 g/mol. The molecule has 3 nitrogen and oxygen atoms in total. The summed E-state index contributed by atoms with van der Waals surface area (Å²) >= 11 is 0. The number of amides is 1. The fourth-order valence-corrected chi connectivity index (χ4v) is 1.48. The summed E-state index contributed by atoms with van der Waals surface area (Å²) in [6.45, 7) is 9.39. The minimum absolute atomic E-state index is 0.0285. The summed E-state index contributed by atoms with van der Waals surface area (Å²) < 4.78 is 0. The highest BCUT2D eigenvalue weighted by Crippen LogP contribution is 2.05. The molecule has 0 aliphatic carbocycles. The molecule has 3 heteroatoms. The first kappa shape index (κ1) is 10.3. The molecule has 1 N–H and O–H groups in total. The van der Waals surface area contributed by atoms with Crippen LogP contribution < -0.4 is 5.32 Å². The smallest absolute Gasteiger partial charge is 0.246 e. The minimum atomic E-state index is -0.0285. The van der Waals surface area contributed by atoms with E-state index in [2.05, 4.69) is 16.8 Å². The topological polar surface area (TPSA) is 32.3 Å². The average Bonchev–Trinajstić information content (AvgIpc) is 2.56. The van der Waals surface area contributed by atoms with Crippen molar-refractivity contribution in [3.05, 3.63) is 12.2 Å². The second-order valence-electron chi connectivity index (χ2n) is 3.58. The molecule has 0 saturated carbocycles. The summed E-state index contributed by atoms with van der Waals surface area (Å²) in [6, 6.07) is 0. The SMILES string of the molecule is C=C(C)C(=O)NCCN1CCCC1. The van der Waals surface area contributed by atoms with Crippen LogP contribution >= 0.6 is 0 Å². The van der Waals surface area contributed by atoms with Gasteiger partial charge in [-0.05, 0) is 32.9 Å². The third kappa shape index (κ3) is 3.59. The van der Waals surface area contributed by atoms with Gasteiger partial charge in [0.2, 0.25) is 5.91 Å². The number of rotatable bonds is 4. The van der Waals surface area contributed by atoms with Crippen molar-refractivity contribution >= 4 is 5.91 Å². The molecule has 0 aromatic rings. The highest BCUT2D eigenvalue weighted by atomic mass is 16.1. The maximum absolute atomic E-state index is 11.1. The Bertz CT molecular complexity index is 195. The van der Waals surface area contributed by atoms with Crippen molar-refractivity contribution < 1.29 is 4.79 Å². The number of carbonyl (C=O) groups is 1. The Kier molecular flexibility index (Phi) is 3.96. The molecule has 1 rings (SSSR count). The van der Waals surface area contributed by atoms with Crippen LogP contribution in [0.4, 0.5) is 0 Å². The van der Waals surface area contributed by atoms with Crippen LogP contribution in [0.1, 0.15) is 19.8 Å². The van der Waals surface area contributed by atoms with Crippen molar-refractivity contribution in [3.63, 3.8) is 0 Å². The van der Waals surface area contributed by atoms with E-state index in [1.165, 1.54) is 25.9 Å². The highest BCUT2D eigenvalue weighted by molar-refractivity contribution is 5.92. The minimum Gasteiger partial charge on any atom is -0.351 e. The standard InChI is InChI=1S/C10H18N2O/c1-9(2)10(13)11-5-8-12-6-3-4-7-12/h1,3-8H2,2H3,(H,11,13). The quantitative estimate of drug-likeness (QED) is 0.651. The van der Waals surface area contributed by atoms with E-state index in [4.69, 9.17) is 0 Å². The van der Waals surface area contributed by atoms with E-state index < -0.39 is 0 Å². The van der Waals surface area contributed by atoms with Gasteiger partial charge in [0.25, 0.3) is 0 Å². The van der Waals surface area contributed by atoms with Gasteiger partial charge >= 0.3 is 0 Å². The van der Waals surface area contributed by atoms with Gasteiger partial charge in [0, 0.05) is 18.7 Å². The van der Waals surface area contributed by atoms with Gasteiger partial charge in [0.05, 0.1) is 0 Å². The monoisotopic (exact) mass is 182 g/mol. The number of hydrogen-bond donors (Lipinski definition) is 1. The molecular formula is C10H18N2O. The van der Waals surface area contributed by atoms with Gasteiger partial charge in [-0.25, -0.2) is 0 Å². The van der Waals surface area contributed by atoms with E-state index in [-0.39, 0.29) is 5.91 Å². The highest BCUT2D eigenvalue weighted by Gasteiger charge is 2.10. The van der Waals surface area contributed by atoms with Crippen molar-refractivity contribution in [1.29, 1.82) is 0 Å². The number of nitrogens with one attached hydrogen (secondary N) is 1. The summed E-state index contributed by atoms with van der Waals surface area (Å²) in [7, 11) is 0. The first-order valence-corrected chi connectivity index (χ1v) is 4.86. The fraction of sp³-hybridized carbons (Fsp3) is 0.700. The molecule has 1 fully saturated rings. The second kappa shape index (κ2) is 5.02. The van der Waals surface area contributed by atoms with E-state index in [0.29, 0.717) is 5.57 Å². The third-order valence-electron chi connectivity index (χ3n) is 2.30. The maximum Gasteiger partial charge on any atom is 0.246 e. The first-order valence-electron chi connectivity index (χ1n) is 4.86. The molecule has 1 aliphatic heterocycles. The van der Waals surface area contributed by atoms with Crippen LogP contribution in [0, 0.1) is 0 Å². The number of carbonyl (C=O) groups excluding carboxylic acids is 1. The summed E-state index contributed by atoms with van der Waals surface area (Å²) in [6.07, 6.45) is 2.60. The van der Waals surface area contributed by atoms with E-state index in [1.54, 1.807) is 6.92 Å². The van der Waals surface area contributed by atoms with Crippen LogP contribution in [0.2, 0.25) is 0 Å². The largest absolute Gasteiger partial charge is 0.351 e. The van der Waals surface area contributed by atoms with Gasteiger partial charge in [-0.2, -0.15) is 0 Å². The predicted molar refractivity (Wildman–Crippen MR) is 53.5 cm³/mol. The Labute approximate surface area is 79.8 Å². The molecule has 0 aromatic heterocycles. The van der Waals surface area contributed by atoms with Crippen LogP contribution in [0.5, 0.6) is 0 Å². The summed E-state index contributed by atoms with van der Waals surface area (Å²) in [4.78, 5) is 13.5. The number of nitrogens with zero attached hydrogens (tertiary/aromatic N) is 1. The lowest BCUT2D eigenvalue weighted by molar-refractivity contribution is -0.117. The zero-order valence-electron chi connectivity index (χ0n) is 8.31. The normalized spacial score (nSPS) is 17.3. The lowest BCUT2D eigenvalue weighted by atomic mass is 10.3. The second-order valence-corrected chi connectivity index (χ2v) is 3.58. The molecule has 0 spiro atoms. The maximum atomic E-state index is 11.1. The van der Waals surface area contributed by atoms with Gasteiger partial charge in [0.1, 0.15) is 0 Å². The molecule has 1 saturated heterocycles. The Morgan fingerprint density at radius 1 is 1.46 bits per heavy atom. The summed E-state index contributed by atoms with van der Waals surface area (Å²) in [5.74, 6) is -0.0285. The molecule has 0 radical (unpaired) electrons. The molecule has 0 bridgehead atoms. The Morgan fingerprint density at radius 3 is 2.62 bits per heavy atom. The van der Waals surface area contributed by atoms with E-state index >= 15 is 0 Å². The van der Waals surface area contributed by atoms with Gasteiger partial charge < -0.3 is 10.2 Å². The summed E-state index contributed by atoms with van der Waals surface area (Å²) in [5, 5.41) is 2.83. The Balaban J connectivity index is 2.06. The van der Waals surface area contributed by atoms with Crippen molar-refractivity contribution in [3.8, 4) is 0 Å². The average molecular weight is 182 g/mol. The third-order valence-corrected chi connectivity index (χ3v) is 2.30. The van der Waals surface area contributed by atoms with Gasteiger partial charge in [0.15, 0.2) is 0 Å². The molecule has 74 valence electrons. The predicted octanol–water partition coefficient (Wildman–Crippen LogP) is 0.774. The zero-order valence-corrected chi connectivity index (χ0v) is 8.31. The molecule has 1 heterocycles. The van der Waals surface area contributed by atoms with Gasteiger partial charge in [-0.15, -0.1) is 0 Å². The zero-order chi connectivity index (χ0) is 9.68. The van der Waals surface area contributed by atoms with Crippen LogP contribution in [-0.4, -0.2) is 37.0 Å². The van der Waals surface area contributed by atoms with E-state index in [0.717, 1.165) is 13.1 Å². The molecule has 13 heavy (non-hydrogen) atoms. The molecule has 1 aliphatic rings. The summed E-state index contributed by atoms with van der Waals surface area (Å²) in [5.41, 5.74) is 0.585. The molecule has 0 unspecified atom stereocenters. The van der Waals surface area contributed by atoms with Crippen molar-refractivity contribution in [2.75, 3.05) is 26.2 Å². The fourth-order valence-electron chi connectivity index (χ4n) is 1.48. The Morgan fingerprint density at radius 2 is 2.08 bits per heavy atom. The lowest BCUT2D eigenvalue weighted by Crippen LogP contribution is -2.33. The number of likely N-dealkylation sites (tertiary alicyclic amines) is 1. The van der Waals surface area contributed by atoms with Crippen molar-refractivity contribution in [1.82, 2.24) is 10.2 Å². The molecule has 0 aromatic carbocycles. The van der Waals surface area contributed by atoms with Crippen molar-refractivity contribution in [2.24, 2.45) is 0 Å². The van der Waals surface area contributed by atoms with Crippen LogP contribution in [0.25, 0.3) is 0 Å². The Hall–Kier alpha value is -0.830. The van der Waals surface area contributed by atoms with Crippen LogP contribution in [0.3, 0.4) is 0 Å². The van der Waals surface area contributed by atoms with E-state index in [9.17, 15) is 4.79 Å². The number of hydrogen-bond acceptors (Lipinski definition) is 2. The van der Waals surface area contributed by atoms with Gasteiger partial charge in [-0.1, -0.05) is 6.58 Å². The molecule has 0 atom stereocenters. The van der Waals surface area contributed by atoms with Crippen LogP contribution in [0.15, 0.2) is 12.2 Å². The van der Waals surface area contributed by atoms with Gasteiger partial charge in [-0.3, -0.25) is 4.79 Å².